The van der Waals surface area contributed by atoms with Crippen LogP contribution in [0.2, 0.25) is 0 Å². The second kappa shape index (κ2) is 12.9. The van der Waals surface area contributed by atoms with Crippen molar-refractivity contribution in [3.05, 3.63) is 48.1 Å². The van der Waals surface area contributed by atoms with E-state index in [1.165, 1.54) is 26.2 Å². The molecular weight excluding hydrogens is 372 g/mol. The van der Waals surface area contributed by atoms with Gasteiger partial charge in [-0.2, -0.15) is 0 Å². The van der Waals surface area contributed by atoms with Crippen molar-refractivity contribution in [2.45, 2.75) is 70.5 Å². The molecule has 6 nitrogen and oxygen atoms in total. The third kappa shape index (κ3) is 8.60. The highest BCUT2D eigenvalue weighted by Gasteiger charge is 2.41. The molecule has 0 heterocycles. The van der Waals surface area contributed by atoms with Crippen molar-refractivity contribution in [1.82, 2.24) is 0 Å². The average Bonchev–Trinajstić information content (AvgIpc) is 2.98. The largest absolute Gasteiger partial charge is 0.469 e. The van der Waals surface area contributed by atoms with Crippen molar-refractivity contribution in [2.24, 2.45) is 0 Å². The van der Waals surface area contributed by atoms with Gasteiger partial charge in [0.1, 0.15) is 0 Å². The number of allylic oxidation sites excluding steroid dienone is 4. The summed E-state index contributed by atoms with van der Waals surface area (Å²) in [7, 11) is 1.29. The molecule has 0 unspecified atom stereocenters. The van der Waals surface area contributed by atoms with E-state index in [2.05, 4.69) is 11.7 Å². The van der Waals surface area contributed by atoms with E-state index in [1.54, 1.807) is 18.2 Å². The summed E-state index contributed by atoms with van der Waals surface area (Å²) in [6, 6.07) is 0. The summed E-state index contributed by atoms with van der Waals surface area (Å²) < 4.78 is 10.1. The molecule has 0 aliphatic heterocycles. The smallest absolute Gasteiger partial charge is 0.305 e. The number of hydrogen-bond acceptors (Lipinski definition) is 6. The molecular formula is C23H32O6. The molecule has 0 aromatic carbocycles. The Morgan fingerprint density at radius 1 is 1.28 bits per heavy atom. The number of aliphatic hydroxyl groups excluding tert-OH is 1. The molecule has 1 rings (SSSR count). The fraction of sp³-hybridized carbons (Fsp3) is 0.522. The van der Waals surface area contributed by atoms with Crippen LogP contribution in [0.25, 0.3) is 0 Å². The lowest BCUT2D eigenvalue weighted by molar-refractivity contribution is -0.149. The van der Waals surface area contributed by atoms with Crippen LogP contribution in [0.5, 0.6) is 0 Å². The van der Waals surface area contributed by atoms with Crippen molar-refractivity contribution in [3.63, 3.8) is 0 Å². The second-order valence-corrected chi connectivity index (χ2v) is 7.00. The summed E-state index contributed by atoms with van der Waals surface area (Å²) in [5, 5.41) is 9.93. The first-order chi connectivity index (χ1) is 13.8. The Hall–Kier alpha value is -2.47. The van der Waals surface area contributed by atoms with E-state index in [1.807, 2.05) is 12.2 Å². The van der Waals surface area contributed by atoms with E-state index in [0.717, 1.165) is 25.7 Å². The summed E-state index contributed by atoms with van der Waals surface area (Å²) >= 11 is 0. The van der Waals surface area contributed by atoms with Crippen LogP contribution in [0.1, 0.15) is 58.8 Å². The molecule has 0 radical (unpaired) electrons. The van der Waals surface area contributed by atoms with E-state index in [4.69, 9.17) is 4.74 Å². The monoisotopic (exact) mass is 404 g/mol. The topological polar surface area (TPSA) is 89.9 Å². The third-order valence-electron chi connectivity index (χ3n) is 4.58. The molecule has 2 atom stereocenters. The second-order valence-electron chi connectivity index (χ2n) is 7.00. The highest BCUT2D eigenvalue weighted by atomic mass is 16.6. The first-order valence-electron chi connectivity index (χ1n) is 10.1. The molecule has 1 N–H and O–H groups in total. The van der Waals surface area contributed by atoms with Gasteiger partial charge in [0.25, 0.3) is 0 Å². The van der Waals surface area contributed by atoms with Crippen LogP contribution in [0, 0.1) is 0 Å². The van der Waals surface area contributed by atoms with Crippen LogP contribution >= 0.6 is 0 Å². The van der Waals surface area contributed by atoms with Gasteiger partial charge in [0.2, 0.25) is 0 Å². The fourth-order valence-electron chi connectivity index (χ4n) is 3.02. The van der Waals surface area contributed by atoms with Gasteiger partial charge >= 0.3 is 11.9 Å². The zero-order valence-electron chi connectivity index (χ0n) is 17.6. The van der Waals surface area contributed by atoms with Gasteiger partial charge in [-0.1, -0.05) is 50.1 Å². The van der Waals surface area contributed by atoms with Crippen molar-refractivity contribution >= 4 is 17.7 Å². The number of ether oxygens (including phenoxy) is 2. The number of methoxy groups -OCH3 is 1. The predicted octanol–water partition coefficient (Wildman–Crippen LogP) is 3.75. The van der Waals surface area contributed by atoms with Crippen LogP contribution in [0.4, 0.5) is 0 Å². The molecule has 0 amide bonds. The lowest BCUT2D eigenvalue weighted by atomic mass is 9.91. The summed E-state index contributed by atoms with van der Waals surface area (Å²) in [4.78, 5) is 35.2. The average molecular weight is 405 g/mol. The number of carbonyl (C=O) groups excluding carboxylic acids is 3. The van der Waals surface area contributed by atoms with E-state index in [-0.39, 0.29) is 18.6 Å². The number of unbranched alkanes of at least 4 members (excludes halogenated alkanes) is 3. The Balaban J connectivity index is 2.87. The van der Waals surface area contributed by atoms with Gasteiger partial charge in [-0.05, 0) is 31.4 Å². The molecule has 160 valence electrons. The van der Waals surface area contributed by atoms with Crippen LogP contribution in [0.3, 0.4) is 0 Å². The number of esters is 2. The first-order valence-corrected chi connectivity index (χ1v) is 10.1. The van der Waals surface area contributed by atoms with Gasteiger partial charge in [-0.3, -0.25) is 14.4 Å². The summed E-state index contributed by atoms with van der Waals surface area (Å²) in [5.74, 6) is -1.11. The minimum atomic E-state index is -1.13. The summed E-state index contributed by atoms with van der Waals surface area (Å²) in [5.41, 5.74) is -0.798. The molecule has 0 fully saturated rings. The number of carbonyl (C=O) groups is 3. The van der Waals surface area contributed by atoms with Gasteiger partial charge in [0.15, 0.2) is 11.4 Å². The molecule has 6 heteroatoms. The summed E-state index contributed by atoms with van der Waals surface area (Å²) in [6.45, 7) is 3.46. The van der Waals surface area contributed by atoms with Crippen molar-refractivity contribution in [3.8, 4) is 0 Å². The zero-order chi connectivity index (χ0) is 21.7. The summed E-state index contributed by atoms with van der Waals surface area (Å²) in [6.07, 6.45) is 15.7. The van der Waals surface area contributed by atoms with E-state index in [0.29, 0.717) is 12.0 Å². The Bertz CT molecular complexity index is 685. The molecule has 0 aromatic rings. The van der Waals surface area contributed by atoms with Gasteiger partial charge in [0, 0.05) is 25.3 Å². The number of rotatable bonds is 12. The highest BCUT2D eigenvalue weighted by Crippen LogP contribution is 2.34. The SMILES string of the molecule is CCCCC/C=C\C[C@]1(OC(C)=O)C=CC(=O)C1=C/C=C/[C@H](O)CCC(=O)OC. The highest BCUT2D eigenvalue weighted by molar-refractivity contribution is 6.09. The fourth-order valence-corrected chi connectivity index (χ4v) is 3.02. The maximum atomic E-state index is 12.3. The molecule has 0 saturated heterocycles. The van der Waals surface area contributed by atoms with Gasteiger partial charge in [-0.25, -0.2) is 0 Å². The number of hydrogen-bond donors (Lipinski definition) is 1. The third-order valence-corrected chi connectivity index (χ3v) is 4.58. The normalized spacial score (nSPS) is 21.4. The van der Waals surface area contributed by atoms with Crippen molar-refractivity contribution in [2.75, 3.05) is 7.11 Å². The molecule has 1 aliphatic carbocycles. The van der Waals surface area contributed by atoms with Crippen LogP contribution < -0.4 is 0 Å². The molecule has 0 saturated carbocycles. The zero-order valence-corrected chi connectivity index (χ0v) is 17.6. The minimum Gasteiger partial charge on any atom is -0.469 e. The Morgan fingerprint density at radius 3 is 2.69 bits per heavy atom. The Kier molecular flexibility index (Phi) is 10.9. The lowest BCUT2D eigenvalue weighted by Crippen LogP contribution is -2.33. The van der Waals surface area contributed by atoms with Crippen LogP contribution in [-0.4, -0.2) is 41.6 Å². The number of aliphatic hydroxyl groups is 1. The van der Waals surface area contributed by atoms with Crippen molar-refractivity contribution < 1.29 is 29.0 Å². The molecule has 1 aliphatic rings. The van der Waals surface area contributed by atoms with E-state index >= 15 is 0 Å². The maximum Gasteiger partial charge on any atom is 0.305 e. The Labute approximate surface area is 173 Å². The maximum absolute atomic E-state index is 12.3. The molecule has 0 bridgehead atoms. The van der Waals surface area contributed by atoms with Crippen molar-refractivity contribution in [1.29, 1.82) is 0 Å². The van der Waals surface area contributed by atoms with Gasteiger partial charge in [-0.15, -0.1) is 0 Å². The van der Waals surface area contributed by atoms with Crippen LogP contribution in [-0.2, 0) is 23.9 Å². The van der Waals surface area contributed by atoms with Crippen LogP contribution in [0.15, 0.2) is 48.1 Å². The van der Waals surface area contributed by atoms with E-state index in [9.17, 15) is 19.5 Å². The van der Waals surface area contributed by atoms with Gasteiger partial charge in [0.05, 0.1) is 13.2 Å². The molecule has 0 spiro atoms. The lowest BCUT2D eigenvalue weighted by Gasteiger charge is -2.27. The molecule has 0 aromatic heterocycles. The number of ketones is 1. The minimum absolute atomic E-state index is 0.0965. The standard InChI is InChI=1S/C23H32O6/c1-4-5-6-7-8-9-16-23(29-18(2)24)17-15-21(26)20(23)12-10-11-19(25)13-14-22(27)28-3/h8-12,15,17,19,25H,4-7,13-14,16H2,1-3H3/b9-8-,11-10+,20-12?/t19-,23-/m0/s1. The first kappa shape index (κ1) is 24.6. The Morgan fingerprint density at radius 2 is 2.03 bits per heavy atom. The molecule has 29 heavy (non-hydrogen) atoms. The predicted molar refractivity (Wildman–Crippen MR) is 111 cm³/mol. The quantitative estimate of drug-likeness (QED) is 0.231. The van der Waals surface area contributed by atoms with Gasteiger partial charge < -0.3 is 14.6 Å². The van der Waals surface area contributed by atoms with E-state index < -0.39 is 23.6 Å².